The van der Waals surface area contributed by atoms with Crippen molar-refractivity contribution in [2.45, 2.75) is 13.3 Å². The Balaban J connectivity index is 2.76. The van der Waals surface area contributed by atoms with Crippen LogP contribution in [0.4, 0.5) is 0 Å². The maximum Gasteiger partial charge on any atom is 0.253 e. The molecule has 1 aromatic rings. The Hall–Kier alpha value is -0.870. The Morgan fingerprint density at radius 3 is 2.75 bits per heavy atom. The standard InChI is InChI=1S/C12H17BrN2O/c1-9-8-10(4-5-11(9)13)12(16)15(2)7-3-6-14/h4-5,8H,3,6-7,14H2,1-2H3. The topological polar surface area (TPSA) is 46.3 Å². The molecule has 0 saturated heterocycles. The van der Waals surface area contributed by atoms with Crippen molar-refractivity contribution in [2.75, 3.05) is 20.1 Å². The van der Waals surface area contributed by atoms with E-state index in [2.05, 4.69) is 15.9 Å². The van der Waals surface area contributed by atoms with Gasteiger partial charge in [0.2, 0.25) is 0 Å². The molecule has 0 spiro atoms. The lowest BCUT2D eigenvalue weighted by Crippen LogP contribution is -2.29. The van der Waals surface area contributed by atoms with Gasteiger partial charge in [0.1, 0.15) is 0 Å². The van der Waals surface area contributed by atoms with E-state index in [4.69, 9.17) is 5.73 Å². The molecule has 1 aromatic carbocycles. The molecule has 0 unspecified atom stereocenters. The monoisotopic (exact) mass is 284 g/mol. The maximum absolute atomic E-state index is 12.0. The van der Waals surface area contributed by atoms with E-state index in [1.54, 1.807) is 11.9 Å². The minimum atomic E-state index is 0.0454. The predicted molar refractivity (Wildman–Crippen MR) is 69.5 cm³/mol. The molecule has 1 amide bonds. The second kappa shape index (κ2) is 6.01. The van der Waals surface area contributed by atoms with E-state index >= 15 is 0 Å². The summed E-state index contributed by atoms with van der Waals surface area (Å²) >= 11 is 3.42. The average molecular weight is 285 g/mol. The van der Waals surface area contributed by atoms with Crippen LogP contribution < -0.4 is 5.73 Å². The molecule has 0 fully saturated rings. The van der Waals surface area contributed by atoms with Crippen molar-refractivity contribution in [3.8, 4) is 0 Å². The van der Waals surface area contributed by atoms with E-state index in [0.29, 0.717) is 13.1 Å². The highest BCUT2D eigenvalue weighted by molar-refractivity contribution is 9.10. The number of hydrogen-bond donors (Lipinski definition) is 1. The number of halogens is 1. The molecule has 0 bridgehead atoms. The van der Waals surface area contributed by atoms with Crippen LogP contribution >= 0.6 is 15.9 Å². The van der Waals surface area contributed by atoms with Gasteiger partial charge in [-0.15, -0.1) is 0 Å². The van der Waals surface area contributed by atoms with Crippen LogP contribution in [0.25, 0.3) is 0 Å². The first kappa shape index (κ1) is 13.2. The lowest BCUT2D eigenvalue weighted by molar-refractivity contribution is 0.0794. The normalized spacial score (nSPS) is 10.2. The first-order chi connectivity index (χ1) is 7.56. The molecular weight excluding hydrogens is 268 g/mol. The molecule has 2 N–H and O–H groups in total. The molecule has 0 atom stereocenters. The first-order valence-corrected chi connectivity index (χ1v) is 6.07. The van der Waals surface area contributed by atoms with E-state index in [9.17, 15) is 4.79 Å². The smallest absolute Gasteiger partial charge is 0.253 e. The summed E-state index contributed by atoms with van der Waals surface area (Å²) < 4.78 is 1.02. The summed E-state index contributed by atoms with van der Waals surface area (Å²) in [5.41, 5.74) is 7.21. The zero-order chi connectivity index (χ0) is 12.1. The second-order valence-corrected chi connectivity index (χ2v) is 4.69. The van der Waals surface area contributed by atoms with E-state index in [-0.39, 0.29) is 5.91 Å². The molecule has 0 aliphatic rings. The number of carbonyl (C=O) groups excluding carboxylic acids is 1. The largest absolute Gasteiger partial charge is 0.342 e. The van der Waals surface area contributed by atoms with Crippen molar-refractivity contribution in [2.24, 2.45) is 5.73 Å². The molecule has 3 nitrogen and oxygen atoms in total. The molecule has 16 heavy (non-hydrogen) atoms. The summed E-state index contributed by atoms with van der Waals surface area (Å²) in [6.07, 6.45) is 0.831. The van der Waals surface area contributed by atoms with Gasteiger partial charge in [-0.25, -0.2) is 0 Å². The first-order valence-electron chi connectivity index (χ1n) is 5.28. The van der Waals surface area contributed by atoms with Crippen LogP contribution in [-0.4, -0.2) is 30.9 Å². The average Bonchev–Trinajstić information content (AvgIpc) is 2.28. The van der Waals surface area contributed by atoms with E-state index in [0.717, 1.165) is 22.0 Å². The van der Waals surface area contributed by atoms with Crippen LogP contribution in [0.1, 0.15) is 22.3 Å². The number of benzene rings is 1. The van der Waals surface area contributed by atoms with Crippen LogP contribution in [0.15, 0.2) is 22.7 Å². The van der Waals surface area contributed by atoms with Gasteiger partial charge in [0.05, 0.1) is 0 Å². The molecule has 1 rings (SSSR count). The van der Waals surface area contributed by atoms with Gasteiger partial charge in [0.25, 0.3) is 5.91 Å². The van der Waals surface area contributed by atoms with Crippen LogP contribution in [0.5, 0.6) is 0 Å². The Kier molecular flexibility index (Phi) is 4.96. The molecule has 88 valence electrons. The number of carbonyl (C=O) groups is 1. The minimum Gasteiger partial charge on any atom is -0.342 e. The third-order valence-electron chi connectivity index (χ3n) is 2.45. The molecule has 0 aliphatic heterocycles. The third kappa shape index (κ3) is 3.32. The number of aryl methyl sites for hydroxylation is 1. The van der Waals surface area contributed by atoms with Crippen molar-refractivity contribution in [1.82, 2.24) is 4.90 Å². The van der Waals surface area contributed by atoms with E-state index in [1.807, 2.05) is 25.1 Å². The predicted octanol–water partition coefficient (Wildman–Crippen LogP) is 2.18. The Morgan fingerprint density at radius 1 is 1.50 bits per heavy atom. The fraction of sp³-hybridized carbons (Fsp3) is 0.417. The molecule has 4 heteroatoms. The summed E-state index contributed by atoms with van der Waals surface area (Å²) in [7, 11) is 1.80. The minimum absolute atomic E-state index is 0.0454. The van der Waals surface area contributed by atoms with Crippen LogP contribution in [-0.2, 0) is 0 Å². The van der Waals surface area contributed by atoms with Gasteiger partial charge in [-0.1, -0.05) is 15.9 Å². The van der Waals surface area contributed by atoms with Gasteiger partial charge in [-0.05, 0) is 43.7 Å². The third-order valence-corrected chi connectivity index (χ3v) is 3.34. The molecule has 0 radical (unpaired) electrons. The summed E-state index contributed by atoms with van der Waals surface area (Å²) in [5.74, 6) is 0.0454. The van der Waals surface area contributed by atoms with Gasteiger partial charge < -0.3 is 10.6 Å². The van der Waals surface area contributed by atoms with Gasteiger partial charge in [-0.2, -0.15) is 0 Å². The summed E-state index contributed by atoms with van der Waals surface area (Å²) in [5, 5.41) is 0. The number of amides is 1. The molecule has 0 saturated carbocycles. The Bertz CT molecular complexity index is 379. The highest BCUT2D eigenvalue weighted by Gasteiger charge is 2.11. The van der Waals surface area contributed by atoms with Crippen LogP contribution in [0.3, 0.4) is 0 Å². The quantitative estimate of drug-likeness (QED) is 0.921. The van der Waals surface area contributed by atoms with Crippen molar-refractivity contribution in [3.05, 3.63) is 33.8 Å². The number of nitrogens with zero attached hydrogens (tertiary/aromatic N) is 1. The fourth-order valence-electron chi connectivity index (χ4n) is 1.43. The molecule has 0 heterocycles. The number of rotatable bonds is 4. The summed E-state index contributed by atoms with van der Waals surface area (Å²) in [6, 6.07) is 5.63. The van der Waals surface area contributed by atoms with Crippen molar-refractivity contribution in [1.29, 1.82) is 0 Å². The number of hydrogen-bond acceptors (Lipinski definition) is 2. The van der Waals surface area contributed by atoms with Gasteiger partial charge in [0, 0.05) is 23.6 Å². The molecular formula is C12H17BrN2O. The maximum atomic E-state index is 12.0. The molecule has 0 aromatic heterocycles. The molecule has 0 aliphatic carbocycles. The van der Waals surface area contributed by atoms with Gasteiger partial charge in [-0.3, -0.25) is 4.79 Å². The zero-order valence-electron chi connectivity index (χ0n) is 9.66. The second-order valence-electron chi connectivity index (χ2n) is 3.83. The van der Waals surface area contributed by atoms with E-state index < -0.39 is 0 Å². The van der Waals surface area contributed by atoms with Crippen molar-refractivity contribution in [3.63, 3.8) is 0 Å². The van der Waals surface area contributed by atoms with Crippen LogP contribution in [0.2, 0.25) is 0 Å². The Morgan fingerprint density at radius 2 is 2.19 bits per heavy atom. The van der Waals surface area contributed by atoms with Crippen molar-refractivity contribution < 1.29 is 4.79 Å². The summed E-state index contributed by atoms with van der Waals surface area (Å²) in [6.45, 7) is 3.28. The Labute approximate surface area is 105 Å². The van der Waals surface area contributed by atoms with Crippen LogP contribution in [0, 0.1) is 6.92 Å². The lowest BCUT2D eigenvalue weighted by Gasteiger charge is -2.17. The van der Waals surface area contributed by atoms with Crippen molar-refractivity contribution >= 4 is 21.8 Å². The SMILES string of the molecule is Cc1cc(C(=O)N(C)CCCN)ccc1Br. The fourth-order valence-corrected chi connectivity index (χ4v) is 1.67. The summed E-state index contributed by atoms with van der Waals surface area (Å²) in [4.78, 5) is 13.7. The highest BCUT2D eigenvalue weighted by Crippen LogP contribution is 2.17. The lowest BCUT2D eigenvalue weighted by atomic mass is 10.1. The number of nitrogens with two attached hydrogens (primary N) is 1. The van der Waals surface area contributed by atoms with Gasteiger partial charge >= 0.3 is 0 Å². The van der Waals surface area contributed by atoms with E-state index in [1.165, 1.54) is 0 Å². The highest BCUT2D eigenvalue weighted by atomic mass is 79.9. The zero-order valence-corrected chi connectivity index (χ0v) is 11.3. The van der Waals surface area contributed by atoms with Gasteiger partial charge in [0.15, 0.2) is 0 Å².